The van der Waals surface area contributed by atoms with E-state index in [2.05, 4.69) is 0 Å². The highest BCUT2D eigenvalue weighted by Crippen LogP contribution is 2.57. The van der Waals surface area contributed by atoms with Crippen molar-refractivity contribution < 1.29 is 57.5 Å². The number of hydrogen-bond donors (Lipinski definition) is 0. The van der Waals surface area contributed by atoms with Crippen molar-refractivity contribution in [1.29, 1.82) is 0 Å². The van der Waals surface area contributed by atoms with E-state index in [1.807, 2.05) is 0 Å². The molecule has 0 bridgehead atoms. The first kappa shape index (κ1) is 18.6. The first-order chi connectivity index (χ1) is 9.40. The lowest BCUT2D eigenvalue weighted by Gasteiger charge is -2.20. The molecular weight excluding hydrogens is 352 g/mol. The smallest absolute Gasteiger partial charge is 0.298 e. The van der Waals surface area contributed by atoms with Gasteiger partial charge in [-0.05, 0) is 0 Å². The van der Waals surface area contributed by atoms with Gasteiger partial charge in [-0.3, -0.25) is 4.79 Å². The highest BCUT2D eigenvalue weighted by Gasteiger charge is 2.71. The van der Waals surface area contributed by atoms with E-state index in [-0.39, 0.29) is 0 Å². The van der Waals surface area contributed by atoms with E-state index in [9.17, 15) is 57.5 Å². The lowest BCUT2D eigenvalue weighted by Crippen LogP contribution is -2.38. The fourth-order valence-electron chi connectivity index (χ4n) is 2.04. The Morgan fingerprint density at radius 1 is 0.545 bits per heavy atom. The van der Waals surface area contributed by atoms with Crippen LogP contribution in [0, 0.1) is 11.8 Å². The molecule has 1 aliphatic rings. The molecule has 1 aliphatic carbocycles. The number of ketones is 1. The summed E-state index contributed by atoms with van der Waals surface area (Å²) in [6, 6.07) is 0. The zero-order valence-electron chi connectivity index (χ0n) is 9.60. The summed E-state index contributed by atoms with van der Waals surface area (Å²) < 4.78 is 149. The molecule has 22 heavy (non-hydrogen) atoms. The highest BCUT2D eigenvalue weighted by molar-refractivity contribution is 5.94. The zero-order valence-corrected chi connectivity index (χ0v) is 9.60. The molecule has 0 aromatic carbocycles. The van der Waals surface area contributed by atoms with E-state index in [1.54, 1.807) is 0 Å². The molecule has 0 aliphatic heterocycles. The Kier molecular flexibility index (Phi) is 4.05. The van der Waals surface area contributed by atoms with Gasteiger partial charge in [0.15, 0.2) is 5.78 Å². The molecule has 0 saturated heterocycles. The number of allylic oxidation sites excluding steroid dienone is 2. The van der Waals surface area contributed by atoms with E-state index in [0.717, 1.165) is 0 Å². The lowest BCUT2D eigenvalue weighted by atomic mass is 9.96. The minimum atomic E-state index is -6.42. The van der Waals surface area contributed by atoms with E-state index in [4.69, 9.17) is 0 Å². The summed E-state index contributed by atoms with van der Waals surface area (Å²) >= 11 is 0. The van der Waals surface area contributed by atoms with Crippen molar-refractivity contribution in [3.05, 3.63) is 11.1 Å². The number of hydrogen-bond acceptors (Lipinski definition) is 1. The van der Waals surface area contributed by atoms with Crippen molar-refractivity contribution in [1.82, 2.24) is 0 Å². The average Bonchev–Trinajstić information content (AvgIpc) is 2.48. The summed E-state index contributed by atoms with van der Waals surface area (Å²) in [6.07, 6.45) is -25.3. The van der Waals surface area contributed by atoms with Gasteiger partial charge in [0, 0.05) is 0 Å². The summed E-state index contributed by atoms with van der Waals surface area (Å²) in [7, 11) is 0. The molecule has 13 heteroatoms. The Morgan fingerprint density at radius 2 is 0.773 bits per heavy atom. The third-order valence-electron chi connectivity index (χ3n) is 2.70. The van der Waals surface area contributed by atoms with E-state index >= 15 is 0 Å². The zero-order chi connectivity index (χ0) is 17.9. The molecule has 0 spiro atoms. The van der Waals surface area contributed by atoms with Gasteiger partial charge in [-0.25, -0.2) is 0 Å². The van der Waals surface area contributed by atoms with Crippen molar-refractivity contribution in [2.24, 2.45) is 11.8 Å². The minimum absolute atomic E-state index is 3.25. The molecular formula is C9H2F12O. The van der Waals surface area contributed by atoms with Crippen molar-refractivity contribution in [3.63, 3.8) is 0 Å². The van der Waals surface area contributed by atoms with Gasteiger partial charge in [0.05, 0.1) is 11.1 Å². The molecule has 2 unspecified atom stereocenters. The van der Waals surface area contributed by atoms with Gasteiger partial charge in [-0.15, -0.1) is 0 Å². The maximum Gasteiger partial charge on any atom is 0.414 e. The Bertz CT molecular complexity index is 455. The standard InChI is InChI=1S/C9H2F12O/c10-6(11,12)1-2(7(13,14)15)4(9(19,20)21)5(22)3(1)8(16,17)18/h3-4H. The summed E-state index contributed by atoms with van der Waals surface area (Å²) in [5.74, 6) is -12.3. The Morgan fingerprint density at radius 3 is 0.909 bits per heavy atom. The van der Waals surface area contributed by atoms with Crippen molar-refractivity contribution >= 4 is 5.78 Å². The average molecular weight is 354 g/mol. The van der Waals surface area contributed by atoms with Crippen molar-refractivity contribution in [2.45, 2.75) is 24.7 Å². The van der Waals surface area contributed by atoms with Crippen molar-refractivity contribution in [2.75, 3.05) is 0 Å². The first-order valence-corrected chi connectivity index (χ1v) is 4.95. The number of halogens is 12. The first-order valence-electron chi connectivity index (χ1n) is 4.95. The second kappa shape index (κ2) is 4.78. The summed E-state index contributed by atoms with van der Waals surface area (Å²) in [5, 5.41) is 0. The van der Waals surface area contributed by atoms with Crippen LogP contribution in [0.3, 0.4) is 0 Å². The van der Waals surface area contributed by atoms with Crippen LogP contribution in [0.5, 0.6) is 0 Å². The van der Waals surface area contributed by atoms with Crippen LogP contribution in [-0.2, 0) is 4.79 Å². The molecule has 0 amide bonds. The predicted molar refractivity (Wildman–Crippen MR) is 43.2 cm³/mol. The Hall–Kier alpha value is -1.43. The van der Waals surface area contributed by atoms with Gasteiger partial charge in [0.1, 0.15) is 11.8 Å². The molecule has 1 rings (SSSR count). The molecule has 1 nitrogen and oxygen atoms in total. The van der Waals surface area contributed by atoms with Gasteiger partial charge in [-0.2, -0.15) is 52.7 Å². The molecule has 0 radical (unpaired) electrons. The molecule has 0 saturated carbocycles. The maximum absolute atomic E-state index is 12.5. The second-order valence-corrected chi connectivity index (χ2v) is 4.17. The van der Waals surface area contributed by atoms with Crippen LogP contribution in [0.4, 0.5) is 52.7 Å². The molecule has 0 fully saturated rings. The van der Waals surface area contributed by atoms with Gasteiger partial charge in [-0.1, -0.05) is 0 Å². The fourth-order valence-corrected chi connectivity index (χ4v) is 2.04. The summed E-state index contributed by atoms with van der Waals surface area (Å²) in [6.45, 7) is 0. The topological polar surface area (TPSA) is 17.1 Å². The number of alkyl halides is 12. The van der Waals surface area contributed by atoms with Crippen LogP contribution >= 0.6 is 0 Å². The van der Waals surface area contributed by atoms with Gasteiger partial charge < -0.3 is 0 Å². The normalized spacial score (nSPS) is 25.2. The molecule has 0 aromatic rings. The number of rotatable bonds is 0. The van der Waals surface area contributed by atoms with Crippen LogP contribution in [0.1, 0.15) is 0 Å². The van der Waals surface area contributed by atoms with Crippen molar-refractivity contribution in [3.8, 4) is 0 Å². The second-order valence-electron chi connectivity index (χ2n) is 4.17. The quantitative estimate of drug-likeness (QED) is 0.467. The van der Waals surface area contributed by atoms with Crippen LogP contribution in [-0.4, -0.2) is 30.5 Å². The molecule has 0 aromatic heterocycles. The number of carbonyl (C=O) groups is 1. The third-order valence-corrected chi connectivity index (χ3v) is 2.70. The fraction of sp³-hybridized carbons (Fsp3) is 0.667. The summed E-state index contributed by atoms with van der Waals surface area (Å²) in [4.78, 5) is 11.0. The molecule has 0 heterocycles. The number of carbonyl (C=O) groups excluding carboxylic acids is 1. The Labute approximate surface area is 112 Å². The van der Waals surface area contributed by atoms with Crippen LogP contribution in [0.25, 0.3) is 0 Å². The van der Waals surface area contributed by atoms with Crippen LogP contribution < -0.4 is 0 Å². The molecule has 0 N–H and O–H groups in total. The van der Waals surface area contributed by atoms with Gasteiger partial charge in [0.25, 0.3) is 0 Å². The lowest BCUT2D eigenvalue weighted by molar-refractivity contribution is -0.200. The number of Topliss-reactive ketones (excluding diaryl/α,β-unsaturated/α-hetero) is 1. The third kappa shape index (κ3) is 3.16. The molecule has 2 atom stereocenters. The monoisotopic (exact) mass is 354 g/mol. The van der Waals surface area contributed by atoms with Gasteiger partial charge in [0.2, 0.25) is 0 Å². The van der Waals surface area contributed by atoms with Gasteiger partial charge >= 0.3 is 24.7 Å². The van der Waals surface area contributed by atoms with E-state index < -0.39 is 53.5 Å². The molecule has 128 valence electrons. The van der Waals surface area contributed by atoms with E-state index in [1.165, 1.54) is 0 Å². The minimum Gasteiger partial charge on any atom is -0.298 e. The highest BCUT2D eigenvalue weighted by atomic mass is 19.4. The summed E-state index contributed by atoms with van der Waals surface area (Å²) in [5.41, 5.74) is -7.14. The SMILES string of the molecule is O=C1C(C(F)(F)F)C(C(F)(F)F)=C(C(F)(F)F)C1C(F)(F)F. The van der Waals surface area contributed by atoms with E-state index in [0.29, 0.717) is 0 Å². The predicted octanol–water partition coefficient (Wildman–Crippen LogP) is 4.35. The van der Waals surface area contributed by atoms with Crippen LogP contribution in [0.2, 0.25) is 0 Å². The largest absolute Gasteiger partial charge is 0.414 e. The van der Waals surface area contributed by atoms with Crippen LogP contribution in [0.15, 0.2) is 11.1 Å². The Balaban J connectivity index is 3.81. The maximum atomic E-state index is 12.5.